The Balaban J connectivity index is 2.39. The van der Waals surface area contributed by atoms with Crippen LogP contribution in [0.15, 0.2) is 17.8 Å². The number of aromatic carboxylic acids is 1. The van der Waals surface area contributed by atoms with Crippen molar-refractivity contribution in [1.29, 1.82) is 0 Å². The summed E-state index contributed by atoms with van der Waals surface area (Å²) in [5.74, 6) is -0.525. The van der Waals surface area contributed by atoms with Gasteiger partial charge in [0.2, 0.25) is 0 Å². The molecule has 0 aliphatic carbocycles. The van der Waals surface area contributed by atoms with Gasteiger partial charge in [-0.05, 0) is 0 Å². The van der Waals surface area contributed by atoms with Crippen molar-refractivity contribution in [3.05, 3.63) is 23.5 Å². The monoisotopic (exact) mass is 195 g/mol. The summed E-state index contributed by atoms with van der Waals surface area (Å²) in [6.45, 7) is 0. The Morgan fingerprint density at radius 1 is 1.54 bits per heavy atom. The van der Waals surface area contributed by atoms with Crippen LogP contribution in [-0.4, -0.2) is 26.0 Å². The first-order valence-electron chi connectivity index (χ1n) is 3.45. The number of hydrogen-bond acceptors (Lipinski definition) is 4. The van der Waals surface area contributed by atoms with E-state index in [2.05, 4.69) is 15.0 Å². The first-order chi connectivity index (χ1) is 6.27. The molecule has 0 bridgehead atoms. The minimum Gasteiger partial charge on any atom is -0.477 e. The van der Waals surface area contributed by atoms with Crippen molar-refractivity contribution in [3.63, 3.8) is 0 Å². The number of carboxylic acid groups (broad SMARTS) is 1. The number of carbonyl (C=O) groups is 1. The molecule has 2 N–H and O–H groups in total. The fraction of sp³-hybridized carbons (Fsp3) is 0. The van der Waals surface area contributed by atoms with Crippen molar-refractivity contribution in [1.82, 2.24) is 15.0 Å². The van der Waals surface area contributed by atoms with E-state index in [1.54, 1.807) is 11.6 Å². The Hall–Kier alpha value is -1.69. The second-order valence-corrected chi connectivity index (χ2v) is 3.18. The van der Waals surface area contributed by atoms with Gasteiger partial charge in [-0.25, -0.2) is 14.8 Å². The van der Waals surface area contributed by atoms with Crippen LogP contribution >= 0.6 is 11.3 Å². The zero-order valence-electron chi connectivity index (χ0n) is 6.39. The smallest absolute Gasteiger partial charge is 0.353 e. The van der Waals surface area contributed by atoms with Gasteiger partial charge in [-0.15, -0.1) is 11.3 Å². The topological polar surface area (TPSA) is 78.9 Å². The number of hydrogen-bond donors (Lipinski definition) is 2. The highest BCUT2D eigenvalue weighted by Crippen LogP contribution is 2.17. The molecular formula is C7H5N3O2S. The molecule has 2 aromatic rings. The first kappa shape index (κ1) is 7.93. The van der Waals surface area contributed by atoms with Gasteiger partial charge < -0.3 is 10.1 Å². The van der Waals surface area contributed by atoms with Gasteiger partial charge in [0.1, 0.15) is 5.69 Å². The van der Waals surface area contributed by atoms with Gasteiger partial charge in [-0.1, -0.05) is 0 Å². The molecule has 0 aliphatic heterocycles. The van der Waals surface area contributed by atoms with E-state index in [0.717, 1.165) is 0 Å². The third-order valence-corrected chi connectivity index (χ3v) is 2.22. The van der Waals surface area contributed by atoms with Crippen LogP contribution in [0.25, 0.3) is 10.8 Å². The minimum absolute atomic E-state index is 0.0743. The third-order valence-electron chi connectivity index (χ3n) is 1.44. The number of H-pyrrole nitrogens is 1. The molecule has 0 fully saturated rings. The molecule has 6 heteroatoms. The Kier molecular flexibility index (Phi) is 1.82. The molecule has 2 rings (SSSR count). The number of thiazole rings is 1. The second-order valence-electron chi connectivity index (χ2n) is 2.29. The van der Waals surface area contributed by atoms with E-state index < -0.39 is 5.97 Å². The Morgan fingerprint density at radius 3 is 2.92 bits per heavy atom. The van der Waals surface area contributed by atoms with Crippen LogP contribution < -0.4 is 0 Å². The molecule has 0 saturated heterocycles. The molecule has 0 unspecified atom stereocenters. The maximum absolute atomic E-state index is 10.5. The predicted molar refractivity (Wildman–Crippen MR) is 46.7 cm³/mol. The van der Waals surface area contributed by atoms with E-state index in [1.807, 2.05) is 0 Å². The highest BCUT2D eigenvalue weighted by Gasteiger charge is 2.09. The Morgan fingerprint density at radius 2 is 2.38 bits per heavy atom. The summed E-state index contributed by atoms with van der Waals surface area (Å²) in [6, 6.07) is 0. The lowest BCUT2D eigenvalue weighted by molar-refractivity contribution is 0.0691. The molecule has 0 spiro atoms. The van der Waals surface area contributed by atoms with E-state index in [4.69, 9.17) is 5.11 Å². The highest BCUT2D eigenvalue weighted by atomic mass is 32.1. The molecule has 5 nitrogen and oxygen atoms in total. The number of imidazole rings is 1. The van der Waals surface area contributed by atoms with Crippen molar-refractivity contribution in [2.75, 3.05) is 0 Å². The lowest BCUT2D eigenvalue weighted by Gasteiger charge is -1.86. The van der Waals surface area contributed by atoms with Gasteiger partial charge in [-0.2, -0.15) is 0 Å². The molecule has 0 saturated carbocycles. The zero-order valence-corrected chi connectivity index (χ0v) is 7.21. The average molecular weight is 195 g/mol. The van der Waals surface area contributed by atoms with Crippen LogP contribution in [-0.2, 0) is 0 Å². The van der Waals surface area contributed by atoms with Gasteiger partial charge in [0.15, 0.2) is 10.8 Å². The van der Waals surface area contributed by atoms with Gasteiger partial charge in [0.05, 0.1) is 6.20 Å². The highest BCUT2D eigenvalue weighted by molar-refractivity contribution is 7.13. The van der Waals surface area contributed by atoms with Gasteiger partial charge in [-0.3, -0.25) is 0 Å². The maximum Gasteiger partial charge on any atom is 0.353 e. The van der Waals surface area contributed by atoms with Crippen LogP contribution in [0, 0.1) is 0 Å². The predicted octanol–water partition coefficient (Wildman–Crippen LogP) is 1.23. The van der Waals surface area contributed by atoms with Crippen LogP contribution in [0.4, 0.5) is 0 Å². The molecule has 13 heavy (non-hydrogen) atoms. The number of nitrogens with zero attached hydrogens (tertiary/aromatic N) is 2. The summed E-state index contributed by atoms with van der Waals surface area (Å²) in [5.41, 5.74) is 0.0743. The Bertz CT molecular complexity index is 421. The van der Waals surface area contributed by atoms with Crippen molar-refractivity contribution in [2.45, 2.75) is 0 Å². The van der Waals surface area contributed by atoms with E-state index >= 15 is 0 Å². The number of rotatable bonds is 2. The average Bonchev–Trinajstić information content (AvgIpc) is 2.75. The molecular weight excluding hydrogens is 190 g/mol. The second kappa shape index (κ2) is 2.98. The molecule has 0 radical (unpaired) electrons. The maximum atomic E-state index is 10.5. The van der Waals surface area contributed by atoms with E-state index in [-0.39, 0.29) is 5.69 Å². The number of aromatic amines is 1. The zero-order chi connectivity index (χ0) is 9.26. The number of nitrogens with one attached hydrogen (secondary N) is 1. The Labute approximate surface area is 77.1 Å². The summed E-state index contributed by atoms with van der Waals surface area (Å²) in [7, 11) is 0. The summed E-state index contributed by atoms with van der Waals surface area (Å²) in [4.78, 5) is 21.0. The van der Waals surface area contributed by atoms with Crippen molar-refractivity contribution < 1.29 is 9.90 Å². The number of carboxylic acids is 1. The molecule has 2 aromatic heterocycles. The quantitative estimate of drug-likeness (QED) is 0.755. The van der Waals surface area contributed by atoms with Crippen molar-refractivity contribution >= 4 is 17.3 Å². The van der Waals surface area contributed by atoms with Gasteiger partial charge in [0.25, 0.3) is 0 Å². The summed E-state index contributed by atoms with van der Waals surface area (Å²) in [6.07, 6.45) is 2.92. The fourth-order valence-corrected chi connectivity index (χ4v) is 1.47. The third kappa shape index (κ3) is 1.43. The van der Waals surface area contributed by atoms with Crippen molar-refractivity contribution in [2.24, 2.45) is 0 Å². The molecule has 0 aliphatic rings. The van der Waals surface area contributed by atoms with Crippen LogP contribution in [0.3, 0.4) is 0 Å². The molecule has 0 aromatic carbocycles. The first-order valence-corrected chi connectivity index (χ1v) is 4.33. The summed E-state index contributed by atoms with van der Waals surface area (Å²) < 4.78 is 0. The standard InChI is InChI=1S/C7H5N3O2S/c11-7(12)4-3-9-5(10-4)6-8-1-2-13-6/h1-3H,(H,9,10)(H,11,12). The fourth-order valence-electron chi connectivity index (χ4n) is 0.879. The van der Waals surface area contributed by atoms with Crippen LogP contribution in [0.5, 0.6) is 0 Å². The molecule has 0 amide bonds. The van der Waals surface area contributed by atoms with E-state index in [1.165, 1.54) is 17.5 Å². The lowest BCUT2D eigenvalue weighted by Crippen LogP contribution is -1.95. The summed E-state index contributed by atoms with van der Waals surface area (Å²) in [5, 5.41) is 11.1. The summed E-state index contributed by atoms with van der Waals surface area (Å²) >= 11 is 1.40. The lowest BCUT2D eigenvalue weighted by atomic mass is 10.5. The largest absolute Gasteiger partial charge is 0.477 e. The van der Waals surface area contributed by atoms with Gasteiger partial charge >= 0.3 is 5.97 Å². The van der Waals surface area contributed by atoms with Crippen molar-refractivity contribution in [3.8, 4) is 10.8 Å². The normalized spacial score (nSPS) is 10.2. The minimum atomic E-state index is -1.02. The SMILES string of the molecule is O=C(O)c1cnc(-c2nccs2)[nH]1. The number of aromatic nitrogens is 3. The molecule has 66 valence electrons. The van der Waals surface area contributed by atoms with Crippen LogP contribution in [0.1, 0.15) is 10.5 Å². The molecule has 0 atom stereocenters. The van der Waals surface area contributed by atoms with E-state index in [0.29, 0.717) is 10.8 Å². The molecule has 2 heterocycles. The van der Waals surface area contributed by atoms with Gasteiger partial charge in [0, 0.05) is 11.6 Å². The van der Waals surface area contributed by atoms with Crippen LogP contribution in [0.2, 0.25) is 0 Å². The van der Waals surface area contributed by atoms with E-state index in [9.17, 15) is 4.79 Å².